The van der Waals surface area contributed by atoms with Gasteiger partial charge in [-0.05, 0) is 29.7 Å². The highest BCUT2D eigenvalue weighted by molar-refractivity contribution is 5.76. The van der Waals surface area contributed by atoms with Gasteiger partial charge in [0.2, 0.25) is 17.6 Å². The molecular formula is C19H20N4O2. The van der Waals surface area contributed by atoms with Gasteiger partial charge in [0.05, 0.1) is 0 Å². The molecule has 1 amide bonds. The summed E-state index contributed by atoms with van der Waals surface area (Å²) in [6.07, 6.45) is 5.08. The molecule has 6 heteroatoms. The number of carbonyl (C=O) groups is 1. The smallest absolute Gasteiger partial charge is 0.227 e. The average molecular weight is 336 g/mol. The van der Waals surface area contributed by atoms with E-state index in [0.29, 0.717) is 31.1 Å². The van der Waals surface area contributed by atoms with E-state index < -0.39 is 0 Å². The van der Waals surface area contributed by atoms with Crippen molar-refractivity contribution in [3.63, 3.8) is 0 Å². The normalized spacial score (nSPS) is 10.6. The maximum Gasteiger partial charge on any atom is 0.227 e. The third-order valence-electron chi connectivity index (χ3n) is 3.89. The van der Waals surface area contributed by atoms with E-state index in [4.69, 9.17) is 4.52 Å². The Morgan fingerprint density at radius 2 is 1.80 bits per heavy atom. The van der Waals surface area contributed by atoms with Crippen molar-refractivity contribution in [1.29, 1.82) is 0 Å². The fourth-order valence-electron chi connectivity index (χ4n) is 2.38. The first-order valence-corrected chi connectivity index (χ1v) is 8.32. The number of aryl methyl sites for hydroxylation is 2. The molecule has 2 aromatic heterocycles. The quantitative estimate of drug-likeness (QED) is 0.717. The predicted octanol–water partition coefficient (Wildman–Crippen LogP) is 2.94. The number of benzene rings is 1. The number of hydrogen-bond acceptors (Lipinski definition) is 5. The topological polar surface area (TPSA) is 80.9 Å². The molecule has 6 nitrogen and oxygen atoms in total. The third kappa shape index (κ3) is 4.73. The van der Waals surface area contributed by atoms with Gasteiger partial charge in [-0.3, -0.25) is 9.78 Å². The lowest BCUT2D eigenvalue weighted by atomic mass is 10.1. The van der Waals surface area contributed by atoms with E-state index in [2.05, 4.69) is 39.5 Å². The van der Waals surface area contributed by atoms with Gasteiger partial charge in [-0.2, -0.15) is 4.98 Å². The first kappa shape index (κ1) is 16.8. The predicted molar refractivity (Wildman–Crippen MR) is 93.5 cm³/mol. The molecule has 0 aliphatic rings. The molecule has 0 aliphatic carbocycles. The van der Waals surface area contributed by atoms with Crippen LogP contribution in [0, 0.1) is 0 Å². The van der Waals surface area contributed by atoms with Crippen LogP contribution >= 0.6 is 0 Å². The molecule has 25 heavy (non-hydrogen) atoms. The molecule has 0 saturated carbocycles. The number of carbonyl (C=O) groups excluding carboxylic acids is 1. The first-order valence-electron chi connectivity index (χ1n) is 8.32. The monoisotopic (exact) mass is 336 g/mol. The van der Waals surface area contributed by atoms with Crippen LogP contribution < -0.4 is 5.32 Å². The lowest BCUT2D eigenvalue weighted by Crippen LogP contribution is -2.23. The second-order valence-corrected chi connectivity index (χ2v) is 5.69. The van der Waals surface area contributed by atoms with Crippen molar-refractivity contribution in [3.8, 4) is 11.4 Å². The number of aromatic nitrogens is 3. The Bertz CT molecular complexity index is 813. The summed E-state index contributed by atoms with van der Waals surface area (Å²) in [7, 11) is 0. The Morgan fingerprint density at radius 1 is 1.08 bits per heavy atom. The van der Waals surface area contributed by atoms with Gasteiger partial charge in [0, 0.05) is 37.3 Å². The SMILES string of the molecule is CCc1ccc(CNC(=O)CCc2nc(-c3ccncc3)no2)cc1. The van der Waals surface area contributed by atoms with E-state index in [9.17, 15) is 4.79 Å². The number of hydrogen-bond donors (Lipinski definition) is 1. The Balaban J connectivity index is 1.46. The summed E-state index contributed by atoms with van der Waals surface area (Å²) >= 11 is 0. The minimum Gasteiger partial charge on any atom is -0.352 e. The van der Waals surface area contributed by atoms with Gasteiger partial charge in [-0.25, -0.2) is 0 Å². The molecule has 0 bridgehead atoms. The van der Waals surface area contributed by atoms with Gasteiger partial charge >= 0.3 is 0 Å². The number of nitrogens with one attached hydrogen (secondary N) is 1. The van der Waals surface area contributed by atoms with Crippen molar-refractivity contribution in [2.75, 3.05) is 0 Å². The van der Waals surface area contributed by atoms with E-state index in [-0.39, 0.29) is 5.91 Å². The van der Waals surface area contributed by atoms with Crippen molar-refractivity contribution in [1.82, 2.24) is 20.4 Å². The molecule has 3 rings (SSSR count). The van der Waals surface area contributed by atoms with Crippen molar-refractivity contribution in [3.05, 3.63) is 65.8 Å². The second kappa shape index (κ2) is 8.19. The fraction of sp³-hybridized carbons (Fsp3) is 0.263. The van der Waals surface area contributed by atoms with Crippen LogP contribution in [0.2, 0.25) is 0 Å². The fourth-order valence-corrected chi connectivity index (χ4v) is 2.38. The van der Waals surface area contributed by atoms with Crippen LogP contribution in [0.15, 0.2) is 53.3 Å². The van der Waals surface area contributed by atoms with Crippen LogP contribution in [0.25, 0.3) is 11.4 Å². The molecule has 0 radical (unpaired) electrons. The molecule has 128 valence electrons. The maximum atomic E-state index is 12.0. The Labute approximate surface area is 146 Å². The molecule has 0 saturated heterocycles. The Morgan fingerprint density at radius 3 is 2.52 bits per heavy atom. The zero-order chi connectivity index (χ0) is 17.5. The van der Waals surface area contributed by atoms with Gasteiger partial charge in [-0.1, -0.05) is 36.3 Å². The highest BCUT2D eigenvalue weighted by atomic mass is 16.5. The zero-order valence-corrected chi connectivity index (χ0v) is 14.1. The molecule has 0 unspecified atom stereocenters. The van der Waals surface area contributed by atoms with Gasteiger partial charge in [0.25, 0.3) is 0 Å². The highest BCUT2D eigenvalue weighted by Crippen LogP contribution is 2.14. The van der Waals surface area contributed by atoms with E-state index in [1.54, 1.807) is 12.4 Å². The van der Waals surface area contributed by atoms with Gasteiger partial charge in [-0.15, -0.1) is 0 Å². The van der Waals surface area contributed by atoms with Crippen LogP contribution in [0.3, 0.4) is 0 Å². The average Bonchev–Trinajstić information content (AvgIpc) is 3.15. The van der Waals surface area contributed by atoms with Crippen LogP contribution in [0.1, 0.15) is 30.4 Å². The molecule has 1 aromatic carbocycles. The third-order valence-corrected chi connectivity index (χ3v) is 3.89. The van der Waals surface area contributed by atoms with Crippen molar-refractivity contribution < 1.29 is 9.32 Å². The summed E-state index contributed by atoms with van der Waals surface area (Å²) in [5.41, 5.74) is 3.21. The van der Waals surface area contributed by atoms with Gasteiger partial charge in [0.15, 0.2) is 0 Å². The van der Waals surface area contributed by atoms with E-state index in [1.807, 2.05) is 24.3 Å². The molecule has 2 heterocycles. The minimum atomic E-state index is -0.0387. The summed E-state index contributed by atoms with van der Waals surface area (Å²) in [6.45, 7) is 2.64. The van der Waals surface area contributed by atoms with Gasteiger partial charge in [0.1, 0.15) is 0 Å². The number of pyridine rings is 1. The van der Waals surface area contributed by atoms with Crippen LogP contribution in [-0.4, -0.2) is 21.0 Å². The van der Waals surface area contributed by atoms with Crippen LogP contribution in [0.4, 0.5) is 0 Å². The summed E-state index contributed by atoms with van der Waals surface area (Å²) < 4.78 is 5.20. The molecule has 0 spiro atoms. The van der Waals surface area contributed by atoms with E-state index in [0.717, 1.165) is 17.5 Å². The summed E-state index contributed by atoms with van der Waals surface area (Å²) in [4.78, 5) is 20.2. The Kier molecular flexibility index (Phi) is 5.51. The van der Waals surface area contributed by atoms with Crippen LogP contribution in [-0.2, 0) is 24.2 Å². The second-order valence-electron chi connectivity index (χ2n) is 5.69. The molecule has 0 aliphatic heterocycles. The number of nitrogens with zero attached hydrogens (tertiary/aromatic N) is 3. The molecule has 0 fully saturated rings. The van der Waals surface area contributed by atoms with Crippen molar-refractivity contribution >= 4 is 5.91 Å². The van der Waals surface area contributed by atoms with E-state index in [1.165, 1.54) is 5.56 Å². The largest absolute Gasteiger partial charge is 0.352 e. The van der Waals surface area contributed by atoms with Crippen molar-refractivity contribution in [2.24, 2.45) is 0 Å². The lowest BCUT2D eigenvalue weighted by molar-refractivity contribution is -0.121. The lowest BCUT2D eigenvalue weighted by Gasteiger charge is -2.05. The number of rotatable bonds is 7. The minimum absolute atomic E-state index is 0.0387. The molecule has 1 N–H and O–H groups in total. The highest BCUT2D eigenvalue weighted by Gasteiger charge is 2.10. The van der Waals surface area contributed by atoms with Gasteiger partial charge < -0.3 is 9.84 Å². The van der Waals surface area contributed by atoms with Crippen molar-refractivity contribution in [2.45, 2.75) is 32.7 Å². The zero-order valence-electron chi connectivity index (χ0n) is 14.1. The first-order chi connectivity index (χ1) is 12.2. The number of amides is 1. The van der Waals surface area contributed by atoms with Crippen LogP contribution in [0.5, 0.6) is 0 Å². The summed E-state index contributed by atoms with van der Waals surface area (Å²) in [6, 6.07) is 11.9. The molecular weight excluding hydrogens is 316 g/mol. The maximum absolute atomic E-state index is 12.0. The summed E-state index contributed by atoms with van der Waals surface area (Å²) in [5.74, 6) is 0.923. The molecule has 0 atom stereocenters. The summed E-state index contributed by atoms with van der Waals surface area (Å²) in [5, 5.41) is 6.84. The van der Waals surface area contributed by atoms with E-state index >= 15 is 0 Å². The molecule has 3 aromatic rings. The standard InChI is InChI=1S/C19H20N4O2/c1-2-14-3-5-15(6-4-14)13-21-17(24)7-8-18-22-19(23-25-18)16-9-11-20-12-10-16/h3-6,9-12H,2,7-8,13H2,1H3,(H,21,24). The Hall–Kier alpha value is -3.02.